The summed E-state index contributed by atoms with van der Waals surface area (Å²) < 4.78 is 31.6. The van der Waals surface area contributed by atoms with E-state index in [1.165, 1.54) is 0 Å². The quantitative estimate of drug-likeness (QED) is 0.647. The van der Waals surface area contributed by atoms with Crippen LogP contribution in [0, 0.1) is 13.8 Å². The first-order valence-corrected chi connectivity index (χ1v) is 12.0. The first-order valence-electron chi connectivity index (χ1n) is 10.1. The van der Waals surface area contributed by atoms with E-state index in [1.54, 1.807) is 24.3 Å². The summed E-state index contributed by atoms with van der Waals surface area (Å²) in [6.45, 7) is 9.52. The fourth-order valence-corrected chi connectivity index (χ4v) is 4.22. The molecule has 0 aromatic heterocycles. The van der Waals surface area contributed by atoms with E-state index in [-0.39, 0.29) is 24.6 Å². The highest BCUT2D eigenvalue weighted by Crippen LogP contribution is 2.25. The van der Waals surface area contributed by atoms with E-state index >= 15 is 0 Å². The molecule has 2 aromatic rings. The van der Waals surface area contributed by atoms with Crippen molar-refractivity contribution in [1.29, 1.82) is 0 Å². The fraction of sp³-hybridized carbons (Fsp3) is 0.435. The normalized spacial score (nSPS) is 12.5. The summed E-state index contributed by atoms with van der Waals surface area (Å²) in [5, 5.41) is 2.99. The molecular formula is C23H32N2O4S. The molecule has 6 nitrogen and oxygen atoms in total. The monoisotopic (exact) mass is 432 g/mol. The summed E-state index contributed by atoms with van der Waals surface area (Å²) in [7, 11) is -3.66. The summed E-state index contributed by atoms with van der Waals surface area (Å²) in [5.74, 6) is 0.195. The Labute approximate surface area is 180 Å². The van der Waals surface area contributed by atoms with Crippen molar-refractivity contribution in [3.05, 3.63) is 59.2 Å². The minimum atomic E-state index is -3.66. The van der Waals surface area contributed by atoms with Gasteiger partial charge in [0.05, 0.1) is 24.1 Å². The van der Waals surface area contributed by atoms with Crippen LogP contribution in [0.15, 0.2) is 42.5 Å². The number of nitrogens with one attached hydrogen (secondary N) is 1. The Kier molecular flexibility index (Phi) is 7.89. The van der Waals surface area contributed by atoms with E-state index in [9.17, 15) is 13.2 Å². The van der Waals surface area contributed by atoms with Gasteiger partial charge in [0, 0.05) is 6.07 Å². The van der Waals surface area contributed by atoms with Gasteiger partial charge >= 0.3 is 0 Å². The summed E-state index contributed by atoms with van der Waals surface area (Å²) in [4.78, 5) is 12.8. The number of carbonyl (C=O) groups is 1. The zero-order chi connectivity index (χ0) is 22.5. The minimum absolute atomic E-state index is 0.0432. The lowest BCUT2D eigenvalue weighted by Crippen LogP contribution is -2.41. The summed E-state index contributed by atoms with van der Waals surface area (Å²) in [6.07, 6.45) is 1.75. The first-order chi connectivity index (χ1) is 14.0. The average Bonchev–Trinajstić information content (AvgIpc) is 2.63. The molecule has 1 atom stereocenters. The SMILES string of the molecule is CC[C@@H](NC(=O)CN(c1cccc(OC(C)C)c1)S(C)(=O)=O)c1ccc(C)cc1C. The van der Waals surface area contributed by atoms with E-state index in [2.05, 4.69) is 11.4 Å². The van der Waals surface area contributed by atoms with Gasteiger partial charge in [0.25, 0.3) is 0 Å². The lowest BCUT2D eigenvalue weighted by Gasteiger charge is -2.25. The highest BCUT2D eigenvalue weighted by molar-refractivity contribution is 7.92. The van der Waals surface area contributed by atoms with Gasteiger partial charge in [-0.1, -0.05) is 36.8 Å². The number of aryl methyl sites for hydroxylation is 2. The van der Waals surface area contributed by atoms with Gasteiger partial charge < -0.3 is 10.1 Å². The van der Waals surface area contributed by atoms with Gasteiger partial charge in [0.1, 0.15) is 12.3 Å². The predicted molar refractivity (Wildman–Crippen MR) is 121 cm³/mol. The number of carbonyl (C=O) groups excluding carboxylic acids is 1. The molecule has 0 aliphatic rings. The third kappa shape index (κ3) is 6.49. The van der Waals surface area contributed by atoms with Crippen molar-refractivity contribution >= 4 is 21.6 Å². The molecule has 0 fully saturated rings. The van der Waals surface area contributed by atoms with Crippen LogP contribution in [0.4, 0.5) is 5.69 Å². The number of hydrogen-bond donors (Lipinski definition) is 1. The van der Waals surface area contributed by atoms with Crippen molar-refractivity contribution in [1.82, 2.24) is 5.32 Å². The molecule has 1 N–H and O–H groups in total. The number of hydrogen-bond acceptors (Lipinski definition) is 4. The topological polar surface area (TPSA) is 75.7 Å². The predicted octanol–water partition coefficient (Wildman–Crippen LogP) is 4.12. The Hall–Kier alpha value is -2.54. The Balaban J connectivity index is 2.23. The molecule has 0 saturated heterocycles. The van der Waals surface area contributed by atoms with Gasteiger partial charge in [-0.2, -0.15) is 0 Å². The number of ether oxygens (including phenoxy) is 1. The molecule has 2 aromatic carbocycles. The van der Waals surface area contributed by atoms with Crippen LogP contribution in [0.2, 0.25) is 0 Å². The molecule has 164 valence electrons. The minimum Gasteiger partial charge on any atom is -0.491 e. The first kappa shape index (κ1) is 23.7. The molecule has 30 heavy (non-hydrogen) atoms. The number of amides is 1. The van der Waals surface area contributed by atoms with Crippen LogP contribution in [-0.2, 0) is 14.8 Å². The smallest absolute Gasteiger partial charge is 0.241 e. The molecule has 0 aliphatic carbocycles. The Morgan fingerprint density at radius 1 is 1.13 bits per heavy atom. The van der Waals surface area contributed by atoms with Crippen molar-refractivity contribution < 1.29 is 17.9 Å². The van der Waals surface area contributed by atoms with Gasteiger partial charge in [-0.3, -0.25) is 9.10 Å². The van der Waals surface area contributed by atoms with Crippen LogP contribution < -0.4 is 14.4 Å². The lowest BCUT2D eigenvalue weighted by atomic mass is 9.97. The Bertz CT molecular complexity index is 986. The van der Waals surface area contributed by atoms with Crippen LogP contribution in [-0.4, -0.2) is 33.2 Å². The molecule has 0 heterocycles. The van der Waals surface area contributed by atoms with E-state index in [4.69, 9.17) is 4.74 Å². The van der Waals surface area contributed by atoms with Gasteiger partial charge in [0.15, 0.2) is 0 Å². The summed E-state index contributed by atoms with van der Waals surface area (Å²) >= 11 is 0. The molecule has 2 rings (SSSR count). The third-order valence-electron chi connectivity index (χ3n) is 4.71. The zero-order valence-electron chi connectivity index (χ0n) is 18.6. The molecular weight excluding hydrogens is 400 g/mol. The van der Waals surface area contributed by atoms with Crippen LogP contribution in [0.5, 0.6) is 5.75 Å². The molecule has 1 amide bonds. The second-order valence-corrected chi connectivity index (χ2v) is 9.73. The maximum Gasteiger partial charge on any atom is 0.241 e. The summed E-state index contributed by atoms with van der Waals surface area (Å²) in [6, 6.07) is 12.7. The van der Waals surface area contributed by atoms with E-state index in [0.717, 1.165) is 27.3 Å². The Morgan fingerprint density at radius 3 is 2.40 bits per heavy atom. The zero-order valence-corrected chi connectivity index (χ0v) is 19.4. The van der Waals surface area contributed by atoms with Crippen LogP contribution in [0.3, 0.4) is 0 Å². The van der Waals surface area contributed by atoms with Crippen molar-refractivity contribution in [2.45, 2.75) is 53.2 Å². The average molecular weight is 433 g/mol. The summed E-state index contributed by atoms with van der Waals surface area (Å²) in [5.41, 5.74) is 3.69. The largest absolute Gasteiger partial charge is 0.491 e. The highest BCUT2D eigenvalue weighted by atomic mass is 32.2. The third-order valence-corrected chi connectivity index (χ3v) is 5.85. The molecule has 0 spiro atoms. The lowest BCUT2D eigenvalue weighted by molar-refractivity contribution is -0.120. The van der Waals surface area contributed by atoms with Crippen LogP contribution >= 0.6 is 0 Å². The van der Waals surface area contributed by atoms with Crippen LogP contribution in [0.1, 0.15) is 49.9 Å². The second-order valence-electron chi connectivity index (χ2n) is 7.82. The van der Waals surface area contributed by atoms with Gasteiger partial charge in [-0.25, -0.2) is 8.42 Å². The maximum absolute atomic E-state index is 12.8. The standard InChI is InChI=1S/C23H32N2O4S/c1-7-22(21-12-11-17(4)13-18(21)5)24-23(26)15-25(30(6,27)28)19-9-8-10-20(14-19)29-16(2)3/h8-14,16,22H,7,15H2,1-6H3,(H,24,26)/t22-/m1/s1. The van der Waals surface area contributed by atoms with Crippen molar-refractivity contribution in [3.8, 4) is 5.75 Å². The van der Waals surface area contributed by atoms with Gasteiger partial charge in [-0.15, -0.1) is 0 Å². The molecule has 7 heteroatoms. The number of nitrogens with zero attached hydrogens (tertiary/aromatic N) is 1. The van der Waals surface area contributed by atoms with E-state index < -0.39 is 10.0 Å². The van der Waals surface area contributed by atoms with Crippen molar-refractivity contribution in [3.63, 3.8) is 0 Å². The van der Waals surface area contributed by atoms with E-state index in [1.807, 2.05) is 46.8 Å². The molecule has 0 radical (unpaired) electrons. The fourth-order valence-electron chi connectivity index (χ4n) is 3.37. The highest BCUT2D eigenvalue weighted by Gasteiger charge is 2.23. The molecule has 0 saturated carbocycles. The maximum atomic E-state index is 12.8. The number of rotatable bonds is 9. The van der Waals surface area contributed by atoms with Crippen LogP contribution in [0.25, 0.3) is 0 Å². The number of benzene rings is 2. The van der Waals surface area contributed by atoms with Gasteiger partial charge in [0.2, 0.25) is 15.9 Å². The molecule has 0 unspecified atom stereocenters. The Morgan fingerprint density at radius 2 is 1.83 bits per heavy atom. The van der Waals surface area contributed by atoms with Crippen molar-refractivity contribution in [2.75, 3.05) is 17.1 Å². The van der Waals surface area contributed by atoms with Gasteiger partial charge in [-0.05, 0) is 57.4 Å². The number of sulfonamides is 1. The molecule has 0 aliphatic heterocycles. The van der Waals surface area contributed by atoms with E-state index in [0.29, 0.717) is 17.9 Å². The van der Waals surface area contributed by atoms with Crippen molar-refractivity contribution in [2.24, 2.45) is 0 Å². The number of anilines is 1. The molecule has 0 bridgehead atoms. The second kappa shape index (κ2) is 9.98.